The summed E-state index contributed by atoms with van der Waals surface area (Å²) in [6, 6.07) is 15.7. The van der Waals surface area contributed by atoms with E-state index in [9.17, 15) is 0 Å². The molecule has 0 spiro atoms. The molecule has 1 aromatic heterocycles. The van der Waals surface area contributed by atoms with E-state index < -0.39 is 0 Å². The highest BCUT2D eigenvalue weighted by molar-refractivity contribution is 5.37. The Bertz CT molecular complexity index is 631. The van der Waals surface area contributed by atoms with Crippen LogP contribution < -0.4 is 10.2 Å². The topological polar surface area (TPSA) is 31.4 Å². The smallest absolute Gasteiger partial charge is 0.127 e. The number of rotatable bonds is 7. The Kier molecular flexibility index (Phi) is 7.04. The van der Waals surface area contributed by atoms with Gasteiger partial charge in [0.05, 0.1) is 0 Å². The Balaban J connectivity index is 1.62. The number of benzene rings is 1. The quantitative estimate of drug-likeness (QED) is 0.820. The average Bonchev–Trinajstić information content (AvgIpc) is 2.95. The van der Waals surface area contributed by atoms with Gasteiger partial charge in [0.2, 0.25) is 0 Å². The molecule has 4 nitrogen and oxygen atoms in total. The number of nitrogens with one attached hydrogen (secondary N) is 1. The summed E-state index contributed by atoms with van der Waals surface area (Å²) >= 11 is 0. The standard InChI is InChI=1S/C22H32N4/c1-25(2)22-13-12-19(17-24-22)16-23-18-21(20-10-6-5-7-11-20)26-14-8-3-4-9-15-26/h5-7,10-13,17,21,23H,3-4,8-9,14-16,18H2,1-2H3/t21-/m0/s1. The molecule has 26 heavy (non-hydrogen) atoms. The first-order valence-corrected chi connectivity index (χ1v) is 9.86. The van der Waals surface area contributed by atoms with Gasteiger partial charge in [0.1, 0.15) is 5.82 Å². The summed E-state index contributed by atoms with van der Waals surface area (Å²) in [5, 5.41) is 3.67. The van der Waals surface area contributed by atoms with E-state index in [1.54, 1.807) is 0 Å². The zero-order chi connectivity index (χ0) is 18.2. The molecule has 0 radical (unpaired) electrons. The molecule has 1 aliphatic heterocycles. The van der Waals surface area contributed by atoms with Crippen molar-refractivity contribution in [3.63, 3.8) is 0 Å². The fourth-order valence-electron chi connectivity index (χ4n) is 3.68. The zero-order valence-corrected chi connectivity index (χ0v) is 16.2. The molecular formula is C22H32N4. The second kappa shape index (κ2) is 9.70. The largest absolute Gasteiger partial charge is 0.363 e. The fraction of sp³-hybridized carbons (Fsp3) is 0.500. The van der Waals surface area contributed by atoms with Gasteiger partial charge < -0.3 is 10.2 Å². The van der Waals surface area contributed by atoms with Crippen LogP contribution in [0.2, 0.25) is 0 Å². The molecule has 0 unspecified atom stereocenters. The lowest BCUT2D eigenvalue weighted by atomic mass is 10.0. The van der Waals surface area contributed by atoms with Gasteiger partial charge in [-0.3, -0.25) is 4.90 Å². The van der Waals surface area contributed by atoms with Gasteiger partial charge in [-0.2, -0.15) is 0 Å². The minimum atomic E-state index is 0.448. The molecular weight excluding hydrogens is 320 g/mol. The Morgan fingerprint density at radius 1 is 1.00 bits per heavy atom. The van der Waals surface area contributed by atoms with Crippen LogP contribution in [0.15, 0.2) is 48.7 Å². The number of hydrogen-bond donors (Lipinski definition) is 1. The van der Waals surface area contributed by atoms with Crippen LogP contribution in [0.25, 0.3) is 0 Å². The maximum atomic E-state index is 4.51. The van der Waals surface area contributed by atoms with Crippen molar-refractivity contribution in [2.24, 2.45) is 0 Å². The summed E-state index contributed by atoms with van der Waals surface area (Å²) in [4.78, 5) is 9.21. The van der Waals surface area contributed by atoms with Gasteiger partial charge in [0, 0.05) is 39.4 Å². The maximum Gasteiger partial charge on any atom is 0.127 e. The van der Waals surface area contributed by atoms with Gasteiger partial charge in [0.25, 0.3) is 0 Å². The van der Waals surface area contributed by atoms with Crippen LogP contribution in [-0.4, -0.2) is 43.6 Å². The van der Waals surface area contributed by atoms with Crippen molar-refractivity contribution in [2.75, 3.05) is 38.6 Å². The SMILES string of the molecule is CN(C)c1ccc(CNC[C@@H](c2ccccc2)N2CCCCCC2)cn1. The summed E-state index contributed by atoms with van der Waals surface area (Å²) in [6.45, 7) is 4.25. The van der Waals surface area contributed by atoms with Gasteiger partial charge in [-0.25, -0.2) is 4.98 Å². The van der Waals surface area contributed by atoms with Crippen LogP contribution >= 0.6 is 0 Å². The van der Waals surface area contributed by atoms with Crippen molar-refractivity contribution < 1.29 is 0 Å². The third-order valence-electron chi connectivity index (χ3n) is 5.20. The van der Waals surface area contributed by atoms with Gasteiger partial charge in [-0.05, 0) is 43.1 Å². The summed E-state index contributed by atoms with van der Waals surface area (Å²) in [7, 11) is 4.04. The van der Waals surface area contributed by atoms with Crippen molar-refractivity contribution in [3.05, 3.63) is 59.8 Å². The number of nitrogens with zero attached hydrogens (tertiary/aromatic N) is 3. The molecule has 3 rings (SSSR count). The average molecular weight is 353 g/mol. The third-order valence-corrected chi connectivity index (χ3v) is 5.20. The molecule has 2 aromatic rings. The summed E-state index contributed by atoms with van der Waals surface area (Å²) < 4.78 is 0. The second-order valence-corrected chi connectivity index (χ2v) is 7.43. The van der Waals surface area contributed by atoms with E-state index in [1.165, 1.54) is 49.9 Å². The molecule has 4 heteroatoms. The Morgan fingerprint density at radius 3 is 2.35 bits per heavy atom. The number of likely N-dealkylation sites (tertiary alicyclic amines) is 1. The van der Waals surface area contributed by atoms with Crippen molar-refractivity contribution >= 4 is 5.82 Å². The molecule has 1 aliphatic rings. The maximum absolute atomic E-state index is 4.51. The van der Waals surface area contributed by atoms with Crippen molar-refractivity contribution in [1.82, 2.24) is 15.2 Å². The molecule has 0 aliphatic carbocycles. The minimum Gasteiger partial charge on any atom is -0.363 e. The van der Waals surface area contributed by atoms with E-state index in [0.29, 0.717) is 6.04 Å². The van der Waals surface area contributed by atoms with Crippen LogP contribution in [-0.2, 0) is 6.54 Å². The molecule has 1 fully saturated rings. The molecule has 1 N–H and O–H groups in total. The van der Waals surface area contributed by atoms with Crippen LogP contribution in [0.4, 0.5) is 5.82 Å². The first-order chi connectivity index (χ1) is 12.7. The van der Waals surface area contributed by atoms with Crippen LogP contribution in [0.1, 0.15) is 42.9 Å². The third kappa shape index (κ3) is 5.29. The molecule has 1 atom stereocenters. The van der Waals surface area contributed by atoms with Crippen molar-refractivity contribution in [3.8, 4) is 0 Å². The second-order valence-electron chi connectivity index (χ2n) is 7.43. The minimum absolute atomic E-state index is 0.448. The van der Waals surface area contributed by atoms with E-state index in [4.69, 9.17) is 0 Å². The monoisotopic (exact) mass is 352 g/mol. The molecule has 2 heterocycles. The molecule has 0 amide bonds. The predicted molar refractivity (Wildman–Crippen MR) is 109 cm³/mol. The summed E-state index contributed by atoms with van der Waals surface area (Å²) in [5.74, 6) is 1.00. The predicted octanol–water partition coefficient (Wildman–Crippen LogP) is 3.85. The van der Waals surface area contributed by atoms with Gasteiger partial charge in [0.15, 0.2) is 0 Å². The van der Waals surface area contributed by atoms with Gasteiger partial charge >= 0.3 is 0 Å². The number of aromatic nitrogens is 1. The van der Waals surface area contributed by atoms with Crippen LogP contribution in [0, 0.1) is 0 Å². The van der Waals surface area contributed by atoms with Gasteiger partial charge in [-0.1, -0.05) is 49.2 Å². The lowest BCUT2D eigenvalue weighted by Gasteiger charge is -2.31. The normalized spacial score (nSPS) is 16.8. The van der Waals surface area contributed by atoms with Crippen molar-refractivity contribution in [2.45, 2.75) is 38.3 Å². The van der Waals surface area contributed by atoms with Gasteiger partial charge in [-0.15, -0.1) is 0 Å². The molecule has 1 saturated heterocycles. The van der Waals surface area contributed by atoms with E-state index in [1.807, 2.05) is 25.2 Å². The highest BCUT2D eigenvalue weighted by Crippen LogP contribution is 2.23. The highest BCUT2D eigenvalue weighted by atomic mass is 15.2. The van der Waals surface area contributed by atoms with E-state index in [2.05, 4.69) is 57.7 Å². The summed E-state index contributed by atoms with van der Waals surface area (Å²) in [5.41, 5.74) is 2.65. The van der Waals surface area contributed by atoms with Crippen LogP contribution in [0.3, 0.4) is 0 Å². The number of hydrogen-bond acceptors (Lipinski definition) is 4. The highest BCUT2D eigenvalue weighted by Gasteiger charge is 2.21. The van der Waals surface area contributed by atoms with Crippen LogP contribution in [0.5, 0.6) is 0 Å². The van der Waals surface area contributed by atoms with E-state index in [-0.39, 0.29) is 0 Å². The molecule has 140 valence electrons. The van der Waals surface area contributed by atoms with E-state index >= 15 is 0 Å². The fourth-order valence-corrected chi connectivity index (χ4v) is 3.68. The van der Waals surface area contributed by atoms with E-state index in [0.717, 1.165) is 18.9 Å². The zero-order valence-electron chi connectivity index (χ0n) is 16.2. The Hall–Kier alpha value is -1.91. The van der Waals surface area contributed by atoms with Crippen molar-refractivity contribution in [1.29, 1.82) is 0 Å². The molecule has 0 saturated carbocycles. The Labute approximate surface area is 158 Å². The number of pyridine rings is 1. The summed E-state index contributed by atoms with van der Waals surface area (Å²) in [6.07, 6.45) is 7.36. The first-order valence-electron chi connectivity index (χ1n) is 9.86. The lowest BCUT2D eigenvalue weighted by molar-refractivity contribution is 0.199. The molecule has 1 aromatic carbocycles. The first kappa shape index (κ1) is 18.9. The molecule has 0 bridgehead atoms. The lowest BCUT2D eigenvalue weighted by Crippen LogP contribution is -2.36. The Morgan fingerprint density at radius 2 is 1.73 bits per heavy atom. The number of anilines is 1.